The van der Waals surface area contributed by atoms with Gasteiger partial charge < -0.3 is 0 Å². The van der Waals surface area contributed by atoms with E-state index in [0.717, 1.165) is 67.1 Å². The molecule has 5 nitrogen and oxygen atoms in total. The van der Waals surface area contributed by atoms with Crippen LogP contribution in [0, 0.1) is 3.80 Å². The Morgan fingerprint density at radius 3 is 1.98 bits per heavy atom. The fraction of sp³-hybridized carbons (Fsp3) is 0.143. The van der Waals surface area contributed by atoms with Gasteiger partial charge in [-0.15, -0.1) is 0 Å². The third-order valence-electron chi connectivity index (χ3n) is 12.5. The van der Waals surface area contributed by atoms with Crippen molar-refractivity contribution in [3.63, 3.8) is 0 Å². The summed E-state index contributed by atoms with van der Waals surface area (Å²) in [7, 11) is 0. The van der Waals surface area contributed by atoms with Crippen molar-refractivity contribution in [3.05, 3.63) is 197 Å². The molecule has 0 atom stereocenters. The van der Waals surface area contributed by atoms with E-state index in [9.17, 15) is 0 Å². The number of aryl methyl sites for hydroxylation is 1. The summed E-state index contributed by atoms with van der Waals surface area (Å²) in [4.78, 5) is 4.89. The third-order valence-corrected chi connectivity index (χ3v) is 13.5. The van der Waals surface area contributed by atoms with Gasteiger partial charge in [-0.1, -0.05) is 32.9 Å². The third kappa shape index (κ3) is 6.58. The molecule has 3 aromatic heterocycles. The maximum atomic E-state index is 6.82. The van der Waals surface area contributed by atoms with E-state index in [1.54, 1.807) is 0 Å². The number of pyridine rings is 1. The van der Waals surface area contributed by atoms with Crippen LogP contribution in [0.5, 0.6) is 11.5 Å². The molecule has 0 aliphatic heterocycles. The Hall–Kier alpha value is -6.55. The molecule has 0 unspecified atom stereocenters. The molecule has 0 saturated carbocycles. The second kappa shape index (κ2) is 15.4. The second-order valence-electron chi connectivity index (χ2n) is 17.4. The average Bonchev–Trinajstić information content (AvgIpc) is 3.79. The van der Waals surface area contributed by atoms with Gasteiger partial charge in [0.05, 0.1) is 0 Å². The van der Waals surface area contributed by atoms with Crippen LogP contribution in [0.25, 0.3) is 72.3 Å². The fourth-order valence-electron chi connectivity index (χ4n) is 9.54. The molecule has 0 saturated heterocycles. The van der Waals surface area contributed by atoms with E-state index in [1.807, 2.05) is 6.20 Å². The summed E-state index contributed by atoms with van der Waals surface area (Å²) in [5.41, 5.74) is 15.9. The maximum absolute atomic E-state index is 6.82. The Kier molecular flexibility index (Phi) is 9.54. The molecule has 10 aromatic rings. The summed E-state index contributed by atoms with van der Waals surface area (Å²) in [6.45, 7) is 6.73. The van der Waals surface area contributed by atoms with Gasteiger partial charge in [0.2, 0.25) is 0 Å². The van der Waals surface area contributed by atoms with Crippen LogP contribution in [0.3, 0.4) is 0 Å². The van der Waals surface area contributed by atoms with Crippen molar-refractivity contribution in [2.24, 2.45) is 0 Å². The summed E-state index contributed by atoms with van der Waals surface area (Å²) in [6.07, 6.45) is 6.52. The second-order valence-corrected chi connectivity index (χ2v) is 18.4. The van der Waals surface area contributed by atoms with Gasteiger partial charge in [-0.25, -0.2) is 0 Å². The average molecular weight is 986 g/mol. The van der Waals surface area contributed by atoms with Crippen molar-refractivity contribution in [1.29, 1.82) is 0 Å². The summed E-state index contributed by atoms with van der Waals surface area (Å²) in [6, 6.07) is 61.1. The zero-order chi connectivity index (χ0) is 42.0. The first-order chi connectivity index (χ1) is 30.3. The zero-order valence-corrected chi connectivity index (χ0v) is 37.4. The minimum atomic E-state index is -0.00713. The van der Waals surface area contributed by atoms with Crippen LogP contribution in [0.4, 0.5) is 0 Å². The summed E-state index contributed by atoms with van der Waals surface area (Å²) < 4.78 is 15.0. The molecule has 62 heavy (non-hydrogen) atoms. The Morgan fingerprint density at radius 1 is 0.548 bits per heavy atom. The number of para-hydroxylation sites is 3. The van der Waals surface area contributed by atoms with Gasteiger partial charge in [-0.2, -0.15) is 0 Å². The topological polar surface area (TPSA) is 36.9 Å². The number of nitrogens with zero attached hydrogens (tertiary/aromatic N) is 4. The normalized spacial score (nSPS) is 12.9. The predicted molar refractivity (Wildman–Crippen MR) is 251 cm³/mol. The van der Waals surface area contributed by atoms with E-state index < -0.39 is 0 Å². The first-order valence-corrected chi connectivity index (χ1v) is 22.7. The number of fused-ring (bicyclic) bond motifs is 5. The van der Waals surface area contributed by atoms with E-state index in [4.69, 9.17) is 9.72 Å². The van der Waals surface area contributed by atoms with Crippen LogP contribution in [0.1, 0.15) is 50.3 Å². The molecular weight excluding hydrogens is 940 g/mol. The van der Waals surface area contributed by atoms with Crippen molar-refractivity contribution in [3.8, 4) is 50.9 Å². The van der Waals surface area contributed by atoms with Gasteiger partial charge in [0.1, 0.15) is 0 Å². The molecule has 1 aliphatic rings. The Balaban J connectivity index is 1.07. The van der Waals surface area contributed by atoms with Crippen molar-refractivity contribution < 1.29 is 24.1 Å². The van der Waals surface area contributed by atoms with E-state index in [2.05, 4.69) is 224 Å². The molecule has 0 fully saturated rings. The van der Waals surface area contributed by atoms with Crippen LogP contribution in [-0.4, -0.2) is 18.7 Å². The minimum absolute atomic E-state index is 0.00713. The van der Waals surface area contributed by atoms with Crippen LogP contribution in [0.2, 0.25) is 0 Å². The van der Waals surface area contributed by atoms with Gasteiger partial charge in [-0.05, 0) is 17.0 Å². The van der Waals surface area contributed by atoms with Crippen molar-refractivity contribution in [1.82, 2.24) is 18.7 Å². The van der Waals surface area contributed by atoms with Gasteiger partial charge in [0.15, 0.2) is 0 Å². The molecule has 0 radical (unpaired) electrons. The van der Waals surface area contributed by atoms with E-state index >= 15 is 0 Å². The zero-order valence-electron chi connectivity index (χ0n) is 35.1. The molecule has 11 rings (SSSR count). The standard InChI is InChI=1S/C56H46N4O.Pt/c1-56(2,3)41-31-32-57-53(34-41)60-49-26-13-12-25-46(49)47-30-29-44(36-52(47)60)61-43-23-16-22-42(35-43)58-37-59(51-28-15-14-27-50(51)58)55-48(38-17-6-4-7-18-38)33-40-21-10-11-24-45(40)54(55)39-19-8-5-9-20-39;/h4-9,12-20,22-23,25-36H,10-11,21,24H2,1-3H3;. The molecule has 1 aliphatic carbocycles. The molecule has 0 N–H and O–H groups in total. The Bertz CT molecular complexity index is 3390. The quantitative estimate of drug-likeness (QED) is 0.160. The van der Waals surface area contributed by atoms with Crippen molar-refractivity contribution in [2.45, 2.75) is 51.9 Å². The molecular formula is C56H46N4OPt. The van der Waals surface area contributed by atoms with E-state index in [0.29, 0.717) is 0 Å². The molecule has 6 heteroatoms. The SMILES string of the molecule is CC(C)(C)c1ccnc(-n2c3ccccc3c3ccc(Oc4cccc(-n5[c](=[Pt])n(-c6c(-c7ccccc7)cc7c(c6-c6ccccc6)CCCC7)c6ccccc65)c4)cc32)c1. The van der Waals surface area contributed by atoms with Crippen LogP contribution >= 0.6 is 0 Å². The molecule has 0 amide bonds. The number of benzene rings is 7. The molecule has 3 heterocycles. The molecule has 0 spiro atoms. The molecule has 306 valence electrons. The first kappa shape index (κ1) is 38.4. The summed E-state index contributed by atoms with van der Waals surface area (Å²) in [5, 5.41) is 2.35. The summed E-state index contributed by atoms with van der Waals surface area (Å²) >= 11 is 2.55. The number of ether oxygens (including phenoxy) is 1. The predicted octanol–water partition coefficient (Wildman–Crippen LogP) is 14.3. The molecule has 0 bridgehead atoms. The van der Waals surface area contributed by atoms with Gasteiger partial charge in [-0.3, -0.25) is 0 Å². The van der Waals surface area contributed by atoms with E-state index in [-0.39, 0.29) is 5.41 Å². The number of imidazole rings is 1. The van der Waals surface area contributed by atoms with Crippen LogP contribution in [-0.2, 0) is 37.6 Å². The van der Waals surface area contributed by atoms with Gasteiger partial charge >= 0.3 is 319 Å². The number of rotatable bonds is 7. The van der Waals surface area contributed by atoms with Crippen molar-refractivity contribution in [2.75, 3.05) is 0 Å². The molecule has 7 aromatic carbocycles. The number of hydrogen-bond acceptors (Lipinski definition) is 2. The van der Waals surface area contributed by atoms with Crippen molar-refractivity contribution >= 4 is 32.8 Å². The number of aromatic nitrogens is 4. The fourth-order valence-corrected chi connectivity index (χ4v) is 10.6. The summed E-state index contributed by atoms with van der Waals surface area (Å²) in [5.74, 6) is 2.43. The van der Waals surface area contributed by atoms with E-state index in [1.165, 1.54) is 62.9 Å². The van der Waals surface area contributed by atoms with Crippen LogP contribution < -0.4 is 4.74 Å². The monoisotopic (exact) mass is 985 g/mol. The first-order valence-electron chi connectivity index (χ1n) is 21.6. The van der Waals surface area contributed by atoms with Gasteiger partial charge in [0, 0.05) is 6.20 Å². The Labute approximate surface area is 372 Å². The van der Waals surface area contributed by atoms with Gasteiger partial charge in [0.25, 0.3) is 0 Å². The Morgan fingerprint density at radius 2 is 1.21 bits per heavy atom. The number of hydrogen-bond donors (Lipinski definition) is 0. The van der Waals surface area contributed by atoms with Crippen LogP contribution in [0.15, 0.2) is 176 Å².